The number of carbonyl (C=O) groups is 2. The highest BCUT2D eigenvalue weighted by molar-refractivity contribution is 7.89. The van der Waals surface area contributed by atoms with Crippen LogP contribution < -0.4 is 5.32 Å². The second kappa shape index (κ2) is 9.68. The molecule has 10 nitrogen and oxygen atoms in total. The predicted octanol–water partition coefficient (Wildman–Crippen LogP) is 1.84. The van der Waals surface area contributed by atoms with Crippen LogP contribution in [0.25, 0.3) is 0 Å². The molecule has 1 unspecified atom stereocenters. The van der Waals surface area contributed by atoms with Crippen molar-refractivity contribution in [2.45, 2.75) is 51.0 Å². The second-order valence-electron chi connectivity index (χ2n) is 8.75. The highest BCUT2D eigenvalue weighted by Gasteiger charge is 2.38. The van der Waals surface area contributed by atoms with E-state index in [0.717, 1.165) is 0 Å². The van der Waals surface area contributed by atoms with Gasteiger partial charge in [-0.25, -0.2) is 8.42 Å². The number of hydrogen-bond donors (Lipinski definition) is 1. The first kappa shape index (κ1) is 23.5. The maximum atomic E-state index is 13.2. The van der Waals surface area contributed by atoms with Crippen molar-refractivity contribution in [1.82, 2.24) is 19.7 Å². The zero-order valence-electron chi connectivity index (χ0n) is 19.0. The average molecular weight is 479 g/mol. The first-order chi connectivity index (χ1) is 15.8. The van der Waals surface area contributed by atoms with E-state index >= 15 is 0 Å². The van der Waals surface area contributed by atoms with E-state index in [1.54, 1.807) is 37.1 Å². The lowest BCUT2D eigenvalue weighted by atomic mass is 9.93. The first-order valence-electron chi connectivity index (χ1n) is 11.3. The van der Waals surface area contributed by atoms with Crippen LogP contribution in [0.15, 0.2) is 32.2 Å². The summed E-state index contributed by atoms with van der Waals surface area (Å²) in [7, 11) is -3.78. The summed E-state index contributed by atoms with van der Waals surface area (Å²) in [6, 6.07) is 3.58. The largest absolute Gasteiger partial charge is 0.467 e. The minimum Gasteiger partial charge on any atom is -0.467 e. The van der Waals surface area contributed by atoms with Gasteiger partial charge >= 0.3 is 0 Å². The van der Waals surface area contributed by atoms with Crippen LogP contribution in [0.3, 0.4) is 0 Å². The number of nitrogens with zero attached hydrogens (tertiary/aromatic N) is 3. The van der Waals surface area contributed by atoms with Crippen molar-refractivity contribution >= 4 is 21.8 Å². The molecule has 2 aliphatic rings. The Morgan fingerprint density at radius 3 is 2.55 bits per heavy atom. The number of piperidine rings is 2. The van der Waals surface area contributed by atoms with Crippen LogP contribution in [0.1, 0.15) is 42.9 Å². The summed E-state index contributed by atoms with van der Waals surface area (Å²) >= 11 is 0. The highest BCUT2D eigenvalue weighted by Crippen LogP contribution is 2.29. The molecule has 0 bridgehead atoms. The maximum absolute atomic E-state index is 13.2. The number of aryl methyl sites for hydroxylation is 2. The van der Waals surface area contributed by atoms with Gasteiger partial charge in [-0.2, -0.15) is 4.31 Å². The molecule has 180 valence electrons. The molecule has 0 saturated carbocycles. The third-order valence-corrected chi connectivity index (χ3v) is 8.60. The molecule has 2 aromatic rings. The molecule has 0 spiro atoms. The van der Waals surface area contributed by atoms with Crippen molar-refractivity contribution < 1.29 is 26.9 Å². The minimum atomic E-state index is -3.78. The van der Waals surface area contributed by atoms with Gasteiger partial charge in [0.2, 0.25) is 21.8 Å². The number of nitrogens with one attached hydrogen (secondary N) is 1. The van der Waals surface area contributed by atoms with Gasteiger partial charge < -0.3 is 19.2 Å². The van der Waals surface area contributed by atoms with Crippen molar-refractivity contribution in [3.63, 3.8) is 0 Å². The number of furan rings is 1. The van der Waals surface area contributed by atoms with Gasteiger partial charge in [-0.05, 0) is 51.7 Å². The molecular weight excluding hydrogens is 448 g/mol. The molecular formula is C22H30N4O6S. The van der Waals surface area contributed by atoms with E-state index in [2.05, 4.69) is 10.5 Å². The molecule has 0 radical (unpaired) electrons. The molecule has 11 heteroatoms. The van der Waals surface area contributed by atoms with Crippen LogP contribution >= 0.6 is 0 Å². The predicted molar refractivity (Wildman–Crippen MR) is 117 cm³/mol. The molecule has 4 heterocycles. The lowest BCUT2D eigenvalue weighted by Crippen LogP contribution is -2.49. The zero-order valence-corrected chi connectivity index (χ0v) is 19.8. The molecule has 0 aliphatic carbocycles. The van der Waals surface area contributed by atoms with Crippen molar-refractivity contribution in [3.05, 3.63) is 35.6 Å². The van der Waals surface area contributed by atoms with E-state index < -0.39 is 15.9 Å². The van der Waals surface area contributed by atoms with Crippen LogP contribution in [-0.2, 0) is 26.2 Å². The zero-order chi connectivity index (χ0) is 23.6. The molecule has 2 amide bonds. The summed E-state index contributed by atoms with van der Waals surface area (Å²) < 4.78 is 37.9. The first-order valence-corrected chi connectivity index (χ1v) is 12.7. The van der Waals surface area contributed by atoms with Crippen LogP contribution in [-0.4, -0.2) is 60.8 Å². The molecule has 1 N–H and O–H groups in total. The lowest BCUT2D eigenvalue weighted by molar-refractivity contribution is -0.140. The minimum absolute atomic E-state index is 0.0344. The fourth-order valence-electron chi connectivity index (χ4n) is 4.69. The Bertz CT molecular complexity index is 1070. The Balaban J connectivity index is 1.32. The summed E-state index contributed by atoms with van der Waals surface area (Å²) in [6.45, 7) is 5.03. The van der Waals surface area contributed by atoms with Gasteiger partial charge in [0.1, 0.15) is 16.3 Å². The van der Waals surface area contributed by atoms with Gasteiger partial charge in [-0.15, -0.1) is 0 Å². The van der Waals surface area contributed by atoms with E-state index in [4.69, 9.17) is 8.94 Å². The Morgan fingerprint density at radius 1 is 1.15 bits per heavy atom. The van der Waals surface area contributed by atoms with Crippen molar-refractivity contribution in [1.29, 1.82) is 0 Å². The van der Waals surface area contributed by atoms with Crippen LogP contribution in [0.4, 0.5) is 0 Å². The van der Waals surface area contributed by atoms with E-state index in [0.29, 0.717) is 63.3 Å². The standard InChI is InChI=1S/C22H30N4O6S/c1-15-20(16(2)32-24-15)33(29,30)26-9-3-5-18(14-26)22(28)25-10-7-17(8-11-25)21(27)23-13-19-6-4-12-31-19/h4,6,12,17-18H,3,5,7-11,13-14H2,1-2H3,(H,23,27). The van der Waals surface area contributed by atoms with Gasteiger partial charge in [-0.3, -0.25) is 9.59 Å². The van der Waals surface area contributed by atoms with Crippen molar-refractivity contribution in [2.75, 3.05) is 26.2 Å². The molecule has 0 aromatic carbocycles. The number of hydrogen-bond acceptors (Lipinski definition) is 7. The Hall–Kier alpha value is -2.66. The van der Waals surface area contributed by atoms with Gasteiger partial charge in [0.25, 0.3) is 0 Å². The maximum Gasteiger partial charge on any atom is 0.248 e. The fourth-order valence-corrected chi connectivity index (χ4v) is 6.50. The van der Waals surface area contributed by atoms with Crippen LogP contribution in [0.2, 0.25) is 0 Å². The molecule has 2 aromatic heterocycles. The summed E-state index contributed by atoms with van der Waals surface area (Å²) in [5.41, 5.74) is 0.327. The summed E-state index contributed by atoms with van der Waals surface area (Å²) in [6.07, 6.45) is 4.01. The topological polar surface area (TPSA) is 126 Å². The Morgan fingerprint density at radius 2 is 1.91 bits per heavy atom. The normalized spacial score (nSPS) is 20.7. The fraction of sp³-hybridized carbons (Fsp3) is 0.591. The van der Waals surface area contributed by atoms with E-state index in [1.807, 2.05) is 0 Å². The van der Waals surface area contributed by atoms with Gasteiger partial charge in [-0.1, -0.05) is 5.16 Å². The summed E-state index contributed by atoms with van der Waals surface area (Å²) in [5.74, 6) is 0.346. The third kappa shape index (κ3) is 4.98. The monoisotopic (exact) mass is 478 g/mol. The highest BCUT2D eigenvalue weighted by atomic mass is 32.2. The van der Waals surface area contributed by atoms with E-state index in [1.165, 1.54) is 4.31 Å². The third-order valence-electron chi connectivity index (χ3n) is 6.49. The molecule has 2 fully saturated rings. The van der Waals surface area contributed by atoms with Crippen molar-refractivity contribution in [3.8, 4) is 0 Å². The quantitative estimate of drug-likeness (QED) is 0.671. The molecule has 1 atom stereocenters. The second-order valence-corrected chi connectivity index (χ2v) is 10.6. The van der Waals surface area contributed by atoms with Crippen LogP contribution in [0.5, 0.6) is 0 Å². The number of amides is 2. The van der Waals surface area contributed by atoms with E-state index in [9.17, 15) is 18.0 Å². The van der Waals surface area contributed by atoms with E-state index in [-0.39, 0.29) is 34.9 Å². The SMILES string of the molecule is Cc1noc(C)c1S(=O)(=O)N1CCCC(C(=O)N2CCC(C(=O)NCc3ccco3)CC2)C1. The lowest BCUT2D eigenvalue weighted by Gasteiger charge is -2.37. The number of sulfonamides is 1. The van der Waals surface area contributed by atoms with Gasteiger partial charge in [0.15, 0.2) is 5.76 Å². The summed E-state index contributed by atoms with van der Waals surface area (Å²) in [4.78, 5) is 27.5. The summed E-state index contributed by atoms with van der Waals surface area (Å²) in [5, 5.41) is 6.64. The van der Waals surface area contributed by atoms with Crippen LogP contribution in [0, 0.1) is 25.7 Å². The Labute approximate surface area is 193 Å². The van der Waals surface area contributed by atoms with Gasteiger partial charge in [0, 0.05) is 32.1 Å². The number of likely N-dealkylation sites (tertiary alicyclic amines) is 1. The number of rotatable bonds is 6. The number of carbonyl (C=O) groups excluding carboxylic acids is 2. The average Bonchev–Trinajstić information content (AvgIpc) is 3.46. The molecule has 2 saturated heterocycles. The smallest absolute Gasteiger partial charge is 0.248 e. The Kier molecular flexibility index (Phi) is 6.89. The molecule has 4 rings (SSSR count). The van der Waals surface area contributed by atoms with Crippen molar-refractivity contribution in [2.24, 2.45) is 11.8 Å². The van der Waals surface area contributed by atoms with Gasteiger partial charge in [0.05, 0.1) is 18.7 Å². The number of aromatic nitrogens is 1. The molecule has 2 aliphatic heterocycles. The molecule has 33 heavy (non-hydrogen) atoms.